The first-order valence-corrected chi connectivity index (χ1v) is 27.3. The predicted octanol–water partition coefficient (Wildman–Crippen LogP) is 6.80. The summed E-state index contributed by atoms with van der Waals surface area (Å²) >= 11 is 0. The van der Waals surface area contributed by atoms with Gasteiger partial charge in [-0.1, -0.05) is 86.0 Å². The van der Waals surface area contributed by atoms with Crippen LogP contribution in [0, 0.1) is 33.8 Å². The minimum absolute atomic E-state index is 0.0649. The topological polar surface area (TPSA) is 273 Å². The van der Waals surface area contributed by atoms with Crippen LogP contribution in [0.5, 0.6) is 0 Å². The zero-order valence-corrected chi connectivity index (χ0v) is 46.0. The second-order valence-electron chi connectivity index (χ2n) is 20.3. The van der Waals surface area contributed by atoms with Crippen LogP contribution in [0.3, 0.4) is 0 Å². The van der Waals surface area contributed by atoms with Crippen molar-refractivity contribution in [2.24, 2.45) is 23.7 Å². The van der Waals surface area contributed by atoms with E-state index in [1.165, 1.54) is 27.7 Å². The van der Waals surface area contributed by atoms with Gasteiger partial charge in [0.05, 0.1) is 0 Å². The van der Waals surface area contributed by atoms with E-state index < -0.39 is 71.3 Å². The highest BCUT2D eigenvalue weighted by atomic mass is 16.7. The third-order valence-corrected chi connectivity index (χ3v) is 14.2. The maximum Gasteiger partial charge on any atom is 0.303 e. The van der Waals surface area contributed by atoms with Gasteiger partial charge in [0.15, 0.2) is 12.6 Å². The van der Waals surface area contributed by atoms with E-state index in [0.717, 1.165) is 70.6 Å². The van der Waals surface area contributed by atoms with Gasteiger partial charge in [0.25, 0.3) is 0 Å². The molecule has 10 unspecified atom stereocenters. The molecule has 0 aromatic rings. The van der Waals surface area contributed by atoms with Gasteiger partial charge in [-0.3, -0.25) is 43.7 Å². The summed E-state index contributed by atoms with van der Waals surface area (Å²) in [4.78, 5) is 97.8. The van der Waals surface area contributed by atoms with Crippen molar-refractivity contribution in [2.45, 2.75) is 227 Å². The number of nitrogens with one attached hydrogen (secondary N) is 3. The molecular formula is C53H92N4O17. The molecule has 0 aliphatic carbocycles. The number of hydrogen-bond donors (Lipinski definition) is 3. The van der Waals surface area contributed by atoms with Gasteiger partial charge >= 0.3 is 23.9 Å². The minimum Gasteiger partial charge on any atom is -0.463 e. The van der Waals surface area contributed by atoms with Gasteiger partial charge in [0.2, 0.25) is 23.3 Å². The van der Waals surface area contributed by atoms with E-state index >= 15 is 0 Å². The van der Waals surface area contributed by atoms with Gasteiger partial charge in [-0.15, -0.1) is 0 Å². The zero-order valence-electron chi connectivity index (χ0n) is 46.0. The molecule has 426 valence electrons. The predicted molar refractivity (Wildman–Crippen MR) is 272 cm³/mol. The standard InChI is InChI=1S/C53H92N4O17/c1-10-11-12-13-18-29-54-46(62)23-26-53(57(65)66,27-24-47(63)55-30-19-14-16-21-32-67-51-38(4)36(2)49(71-42(8)60)44(73-51)34-69-40(6)58)28-25-48(64)56-31-20-15-17-22-33-68-52-39(5)37(3)50(72-43(9)61)45(74-52)35-70-41(7)59/h36-39,44-45,49-52H,10-35H2,1-9H3,(H,54,62)(H,55,63)(H,56,64). The smallest absolute Gasteiger partial charge is 0.303 e. The van der Waals surface area contributed by atoms with Gasteiger partial charge in [-0.25, -0.2) is 0 Å². The van der Waals surface area contributed by atoms with Crippen LogP contribution in [0.25, 0.3) is 0 Å². The van der Waals surface area contributed by atoms with Crippen molar-refractivity contribution in [3.05, 3.63) is 10.1 Å². The summed E-state index contributed by atoms with van der Waals surface area (Å²) in [5.41, 5.74) is -1.66. The van der Waals surface area contributed by atoms with Crippen molar-refractivity contribution in [3.63, 3.8) is 0 Å². The highest BCUT2D eigenvalue weighted by molar-refractivity contribution is 5.77. The van der Waals surface area contributed by atoms with E-state index in [4.69, 9.17) is 37.9 Å². The summed E-state index contributed by atoms with van der Waals surface area (Å²) in [6.07, 6.45) is 6.68. The molecule has 3 amide bonds. The molecular weight excluding hydrogens is 965 g/mol. The molecule has 2 heterocycles. The summed E-state index contributed by atoms with van der Waals surface area (Å²) in [7, 11) is 0. The van der Waals surface area contributed by atoms with Crippen molar-refractivity contribution in [1.29, 1.82) is 0 Å². The van der Waals surface area contributed by atoms with Crippen molar-refractivity contribution >= 4 is 41.6 Å². The Morgan fingerprint density at radius 2 is 0.838 bits per heavy atom. The maximum atomic E-state index is 13.1. The largest absolute Gasteiger partial charge is 0.463 e. The number of ether oxygens (including phenoxy) is 8. The van der Waals surface area contributed by atoms with E-state index in [1.54, 1.807) is 0 Å². The highest BCUT2D eigenvalue weighted by Crippen LogP contribution is 2.35. The lowest BCUT2D eigenvalue weighted by molar-refractivity contribution is -0.573. The van der Waals surface area contributed by atoms with Gasteiger partial charge < -0.3 is 53.8 Å². The Hall–Kier alpha value is -4.47. The van der Waals surface area contributed by atoms with Gasteiger partial charge in [-0.2, -0.15) is 0 Å². The minimum atomic E-state index is -1.66. The van der Waals surface area contributed by atoms with E-state index in [-0.39, 0.29) is 93.1 Å². The first-order valence-electron chi connectivity index (χ1n) is 27.3. The molecule has 0 radical (unpaired) electrons. The number of nitrogens with zero attached hydrogens (tertiary/aromatic N) is 1. The molecule has 0 saturated carbocycles. The number of carbonyl (C=O) groups is 7. The van der Waals surface area contributed by atoms with E-state index in [9.17, 15) is 43.7 Å². The molecule has 3 N–H and O–H groups in total. The number of carbonyl (C=O) groups excluding carboxylic acids is 7. The van der Waals surface area contributed by atoms with E-state index in [1.807, 2.05) is 27.7 Å². The monoisotopic (exact) mass is 1060 g/mol. The van der Waals surface area contributed by atoms with Gasteiger partial charge in [-0.05, 0) is 32.1 Å². The number of nitro groups is 1. The van der Waals surface area contributed by atoms with Crippen LogP contribution in [0.2, 0.25) is 0 Å². The Morgan fingerprint density at radius 3 is 1.15 bits per heavy atom. The molecule has 2 fully saturated rings. The van der Waals surface area contributed by atoms with Crippen molar-refractivity contribution < 1.29 is 76.4 Å². The Morgan fingerprint density at radius 1 is 0.500 bits per heavy atom. The van der Waals surface area contributed by atoms with Crippen molar-refractivity contribution in [2.75, 3.05) is 46.1 Å². The first kappa shape index (κ1) is 65.6. The van der Waals surface area contributed by atoms with Crippen LogP contribution in [-0.2, 0) is 71.5 Å². The van der Waals surface area contributed by atoms with Crippen molar-refractivity contribution in [3.8, 4) is 0 Å². The number of amides is 3. The number of rotatable bonds is 38. The maximum absolute atomic E-state index is 13.1. The third-order valence-electron chi connectivity index (χ3n) is 14.2. The molecule has 74 heavy (non-hydrogen) atoms. The highest BCUT2D eigenvalue weighted by Gasteiger charge is 2.46. The second kappa shape index (κ2) is 36.5. The molecule has 2 saturated heterocycles. The van der Waals surface area contributed by atoms with Crippen LogP contribution < -0.4 is 16.0 Å². The number of esters is 4. The lowest BCUT2D eigenvalue weighted by Crippen LogP contribution is -2.53. The Labute approximate surface area is 439 Å². The normalized spacial score (nSPS) is 24.4. The molecule has 21 nitrogen and oxygen atoms in total. The summed E-state index contributed by atoms with van der Waals surface area (Å²) in [6.45, 7) is 17.1. The molecule has 21 heteroatoms. The van der Waals surface area contributed by atoms with Crippen LogP contribution in [0.1, 0.15) is 184 Å². The number of unbranched alkanes of at least 4 members (excludes halogenated alkanes) is 10. The van der Waals surface area contributed by atoms with Crippen LogP contribution >= 0.6 is 0 Å². The fourth-order valence-electron chi connectivity index (χ4n) is 9.24. The quantitative estimate of drug-likeness (QED) is 0.0189. The fraction of sp³-hybridized carbons (Fsp3) is 0.868. The van der Waals surface area contributed by atoms with Gasteiger partial charge in [0.1, 0.15) is 37.6 Å². The van der Waals surface area contributed by atoms with Crippen LogP contribution in [0.4, 0.5) is 0 Å². The summed E-state index contributed by atoms with van der Waals surface area (Å²) in [6, 6.07) is 0. The third kappa shape index (κ3) is 25.9. The average Bonchev–Trinajstić information content (AvgIpc) is 3.34. The Kier molecular flexibility index (Phi) is 32.4. The summed E-state index contributed by atoms with van der Waals surface area (Å²) in [5, 5.41) is 21.4. The van der Waals surface area contributed by atoms with Crippen LogP contribution in [0.15, 0.2) is 0 Å². The molecule has 2 aliphatic rings. The van der Waals surface area contributed by atoms with Crippen molar-refractivity contribution in [1.82, 2.24) is 16.0 Å². The molecule has 0 spiro atoms. The molecule has 0 bridgehead atoms. The van der Waals surface area contributed by atoms with E-state index in [0.29, 0.717) is 45.7 Å². The average molecular weight is 1060 g/mol. The van der Waals surface area contributed by atoms with Gasteiger partial charge in [0, 0.05) is 128 Å². The first-order chi connectivity index (χ1) is 35.2. The molecule has 0 aromatic heterocycles. The fourth-order valence-corrected chi connectivity index (χ4v) is 9.24. The second-order valence-corrected chi connectivity index (χ2v) is 20.3. The zero-order chi connectivity index (χ0) is 55.1. The molecule has 0 aromatic carbocycles. The van der Waals surface area contributed by atoms with Crippen LogP contribution in [-0.4, -0.2) is 135 Å². The molecule has 2 rings (SSSR count). The lowest BCUT2D eigenvalue weighted by Gasteiger charge is -2.43. The van der Waals surface area contributed by atoms with E-state index in [2.05, 4.69) is 22.9 Å². The molecule has 10 atom stereocenters. The lowest BCUT2D eigenvalue weighted by atomic mass is 9.84. The Bertz CT molecular complexity index is 1620. The summed E-state index contributed by atoms with van der Waals surface area (Å²) < 4.78 is 45.7. The molecule has 2 aliphatic heterocycles. The Balaban J connectivity index is 1.82. The SMILES string of the molecule is CCCCCCCNC(=O)CCC(CCC(=O)NCCCCCCOC1OC(COC(C)=O)C(OC(C)=O)C(C)C1C)(CCC(=O)NCCCCCCOC1OC(COC(C)=O)C(OC(C)=O)C(C)C1C)[N+](=O)[O-]. The number of hydrogen-bond acceptors (Lipinski definition) is 17. The summed E-state index contributed by atoms with van der Waals surface area (Å²) in [5.74, 6) is -3.23.